The number of hydrogen-bond donors (Lipinski definition) is 2. The second kappa shape index (κ2) is 7.79. The van der Waals surface area contributed by atoms with Crippen LogP contribution in [0.5, 0.6) is 5.75 Å². The van der Waals surface area contributed by atoms with Crippen molar-refractivity contribution in [2.45, 2.75) is 33.3 Å². The highest BCUT2D eigenvalue weighted by Gasteiger charge is 2.11. The average molecular weight is 265 g/mol. The topological polar surface area (TPSA) is 58.6 Å². The second-order valence-corrected chi connectivity index (χ2v) is 4.87. The lowest BCUT2D eigenvalue weighted by atomic mass is 10.1. The molecule has 0 spiro atoms. The summed E-state index contributed by atoms with van der Waals surface area (Å²) in [4.78, 5) is 11.7. The Kier molecular flexibility index (Phi) is 6.36. The SMILES string of the molecule is CCOc1ccc(CC(=O)NCC(O)C(C)C)cc1. The molecule has 0 fully saturated rings. The highest BCUT2D eigenvalue weighted by Crippen LogP contribution is 2.12. The molecule has 0 heterocycles. The number of aliphatic hydroxyl groups is 1. The molecule has 106 valence electrons. The molecule has 0 aliphatic carbocycles. The predicted octanol–water partition coefficient (Wildman–Crippen LogP) is 1.76. The Bertz CT molecular complexity index is 387. The normalized spacial score (nSPS) is 12.3. The number of benzene rings is 1. The van der Waals surface area contributed by atoms with Gasteiger partial charge in [0.15, 0.2) is 0 Å². The van der Waals surface area contributed by atoms with Gasteiger partial charge in [0.1, 0.15) is 5.75 Å². The molecule has 0 aliphatic rings. The van der Waals surface area contributed by atoms with Crippen LogP contribution in [0.4, 0.5) is 0 Å². The zero-order valence-electron chi connectivity index (χ0n) is 11.8. The first-order valence-electron chi connectivity index (χ1n) is 6.69. The van der Waals surface area contributed by atoms with Crippen molar-refractivity contribution in [3.05, 3.63) is 29.8 Å². The average Bonchev–Trinajstić information content (AvgIpc) is 2.38. The van der Waals surface area contributed by atoms with Crippen LogP contribution in [0.25, 0.3) is 0 Å². The van der Waals surface area contributed by atoms with E-state index in [1.54, 1.807) is 0 Å². The summed E-state index contributed by atoms with van der Waals surface area (Å²) in [5, 5.41) is 12.3. The molecular formula is C15H23NO3. The molecule has 1 aromatic carbocycles. The van der Waals surface area contributed by atoms with Gasteiger partial charge >= 0.3 is 0 Å². The highest BCUT2D eigenvalue weighted by molar-refractivity contribution is 5.78. The molecule has 0 aromatic heterocycles. The molecule has 1 unspecified atom stereocenters. The summed E-state index contributed by atoms with van der Waals surface area (Å²) < 4.78 is 5.34. The number of amides is 1. The quantitative estimate of drug-likeness (QED) is 0.790. The predicted molar refractivity (Wildman–Crippen MR) is 75.2 cm³/mol. The Morgan fingerprint density at radius 1 is 1.32 bits per heavy atom. The lowest BCUT2D eigenvalue weighted by Gasteiger charge is -2.15. The number of rotatable bonds is 7. The van der Waals surface area contributed by atoms with Gasteiger partial charge in [-0.3, -0.25) is 4.79 Å². The number of carbonyl (C=O) groups is 1. The van der Waals surface area contributed by atoms with E-state index in [2.05, 4.69) is 5.32 Å². The molecule has 19 heavy (non-hydrogen) atoms. The maximum Gasteiger partial charge on any atom is 0.224 e. The van der Waals surface area contributed by atoms with Crippen molar-refractivity contribution in [2.24, 2.45) is 5.92 Å². The van der Waals surface area contributed by atoms with Crippen molar-refractivity contribution in [3.8, 4) is 5.75 Å². The third kappa shape index (κ3) is 5.75. The maximum atomic E-state index is 11.7. The van der Waals surface area contributed by atoms with Crippen LogP contribution in [-0.4, -0.2) is 30.3 Å². The molecule has 0 aliphatic heterocycles. The summed E-state index contributed by atoms with van der Waals surface area (Å²) >= 11 is 0. The van der Waals surface area contributed by atoms with Crippen LogP contribution in [0.3, 0.4) is 0 Å². The van der Waals surface area contributed by atoms with Crippen molar-refractivity contribution in [2.75, 3.05) is 13.2 Å². The van der Waals surface area contributed by atoms with Crippen molar-refractivity contribution < 1.29 is 14.6 Å². The fourth-order valence-electron chi connectivity index (χ4n) is 1.57. The molecule has 1 aromatic rings. The molecule has 4 nitrogen and oxygen atoms in total. The van der Waals surface area contributed by atoms with Gasteiger partial charge in [0, 0.05) is 6.54 Å². The largest absolute Gasteiger partial charge is 0.494 e. The molecule has 2 N–H and O–H groups in total. The van der Waals surface area contributed by atoms with Gasteiger partial charge in [-0.25, -0.2) is 0 Å². The zero-order chi connectivity index (χ0) is 14.3. The maximum absolute atomic E-state index is 11.7. The lowest BCUT2D eigenvalue weighted by molar-refractivity contribution is -0.121. The molecule has 0 saturated carbocycles. The van der Waals surface area contributed by atoms with Gasteiger partial charge in [-0.05, 0) is 30.5 Å². The first-order valence-corrected chi connectivity index (χ1v) is 6.69. The van der Waals surface area contributed by atoms with Gasteiger partial charge < -0.3 is 15.2 Å². The third-order valence-electron chi connectivity index (χ3n) is 2.88. The van der Waals surface area contributed by atoms with E-state index in [4.69, 9.17) is 4.74 Å². The van der Waals surface area contributed by atoms with Crippen LogP contribution >= 0.6 is 0 Å². The number of nitrogens with one attached hydrogen (secondary N) is 1. The Morgan fingerprint density at radius 3 is 2.47 bits per heavy atom. The minimum Gasteiger partial charge on any atom is -0.494 e. The van der Waals surface area contributed by atoms with E-state index in [0.717, 1.165) is 11.3 Å². The summed E-state index contributed by atoms with van der Waals surface area (Å²) in [7, 11) is 0. The number of aliphatic hydroxyl groups excluding tert-OH is 1. The van der Waals surface area contributed by atoms with Gasteiger partial charge in [0.25, 0.3) is 0 Å². The molecule has 1 rings (SSSR count). The lowest BCUT2D eigenvalue weighted by Crippen LogP contribution is -2.35. The first kappa shape index (κ1) is 15.5. The zero-order valence-corrected chi connectivity index (χ0v) is 11.8. The minimum atomic E-state index is -0.496. The summed E-state index contributed by atoms with van der Waals surface area (Å²) in [5.41, 5.74) is 0.931. The van der Waals surface area contributed by atoms with E-state index in [0.29, 0.717) is 19.6 Å². The van der Waals surface area contributed by atoms with Crippen LogP contribution in [0.15, 0.2) is 24.3 Å². The van der Waals surface area contributed by atoms with Crippen molar-refractivity contribution in [1.29, 1.82) is 0 Å². The highest BCUT2D eigenvalue weighted by atomic mass is 16.5. The Labute approximate surface area is 114 Å². The summed E-state index contributed by atoms with van der Waals surface area (Å²) in [6.45, 7) is 6.70. The number of ether oxygens (including phenoxy) is 1. The molecular weight excluding hydrogens is 242 g/mol. The van der Waals surface area contributed by atoms with Gasteiger partial charge in [0.05, 0.1) is 19.1 Å². The van der Waals surface area contributed by atoms with E-state index < -0.39 is 6.10 Å². The fourth-order valence-corrected chi connectivity index (χ4v) is 1.57. The second-order valence-electron chi connectivity index (χ2n) is 4.87. The van der Waals surface area contributed by atoms with Crippen LogP contribution < -0.4 is 10.1 Å². The van der Waals surface area contributed by atoms with E-state index in [1.807, 2.05) is 45.0 Å². The van der Waals surface area contributed by atoms with Crippen LogP contribution in [0, 0.1) is 5.92 Å². The molecule has 1 amide bonds. The monoisotopic (exact) mass is 265 g/mol. The van der Waals surface area contributed by atoms with Gasteiger partial charge in [0.2, 0.25) is 5.91 Å². The number of carbonyl (C=O) groups excluding carboxylic acids is 1. The standard InChI is InChI=1S/C15H23NO3/c1-4-19-13-7-5-12(6-8-13)9-15(18)16-10-14(17)11(2)3/h5-8,11,14,17H,4,9-10H2,1-3H3,(H,16,18). The van der Waals surface area contributed by atoms with E-state index in [1.165, 1.54) is 0 Å². The van der Waals surface area contributed by atoms with Crippen molar-refractivity contribution in [1.82, 2.24) is 5.32 Å². The molecule has 0 bridgehead atoms. The van der Waals surface area contributed by atoms with E-state index in [9.17, 15) is 9.90 Å². The molecule has 1 atom stereocenters. The Morgan fingerprint density at radius 2 is 1.95 bits per heavy atom. The summed E-state index contributed by atoms with van der Waals surface area (Å²) in [6, 6.07) is 7.47. The van der Waals surface area contributed by atoms with Crippen LogP contribution in [0.2, 0.25) is 0 Å². The molecule has 4 heteroatoms. The first-order chi connectivity index (χ1) is 9.02. The van der Waals surface area contributed by atoms with Crippen LogP contribution in [-0.2, 0) is 11.2 Å². The van der Waals surface area contributed by atoms with Crippen molar-refractivity contribution >= 4 is 5.91 Å². The van der Waals surface area contributed by atoms with Gasteiger partial charge in [-0.1, -0.05) is 26.0 Å². The fraction of sp³-hybridized carbons (Fsp3) is 0.533. The molecule has 0 radical (unpaired) electrons. The Hall–Kier alpha value is -1.55. The van der Waals surface area contributed by atoms with Gasteiger partial charge in [-0.2, -0.15) is 0 Å². The summed E-state index contributed by atoms with van der Waals surface area (Å²) in [5.74, 6) is 0.872. The van der Waals surface area contributed by atoms with Crippen LogP contribution in [0.1, 0.15) is 26.3 Å². The summed E-state index contributed by atoms with van der Waals surface area (Å²) in [6.07, 6.45) is -0.179. The minimum absolute atomic E-state index is 0.0798. The molecule has 0 saturated heterocycles. The Balaban J connectivity index is 2.39. The van der Waals surface area contributed by atoms with Crippen molar-refractivity contribution in [3.63, 3.8) is 0 Å². The van der Waals surface area contributed by atoms with E-state index >= 15 is 0 Å². The third-order valence-corrected chi connectivity index (χ3v) is 2.88. The van der Waals surface area contributed by atoms with E-state index in [-0.39, 0.29) is 11.8 Å². The number of hydrogen-bond acceptors (Lipinski definition) is 3. The smallest absolute Gasteiger partial charge is 0.224 e. The van der Waals surface area contributed by atoms with Gasteiger partial charge in [-0.15, -0.1) is 0 Å².